The first-order chi connectivity index (χ1) is 12.4. The first kappa shape index (κ1) is 21.8. The molecule has 2 heterocycles. The minimum absolute atomic E-state index is 0. The molecule has 1 aromatic heterocycles. The number of nitrogens with zero attached hydrogens (tertiary/aromatic N) is 1. The average Bonchev–Trinajstić information content (AvgIpc) is 2.97. The van der Waals surface area contributed by atoms with Gasteiger partial charge in [-0.2, -0.15) is 0 Å². The van der Waals surface area contributed by atoms with E-state index in [1.807, 2.05) is 13.1 Å². The molecule has 148 valence electrons. The predicted octanol–water partition coefficient (Wildman–Crippen LogP) is 3.18. The van der Waals surface area contributed by atoms with Crippen LogP contribution >= 0.6 is 35.6 Å². The summed E-state index contributed by atoms with van der Waals surface area (Å²) in [7, 11) is 3.19. The van der Waals surface area contributed by atoms with Crippen molar-refractivity contribution in [1.82, 2.24) is 15.2 Å². The van der Waals surface area contributed by atoms with E-state index >= 15 is 0 Å². The van der Waals surface area contributed by atoms with Crippen LogP contribution < -0.4 is 10.6 Å². The second kappa shape index (κ2) is 9.15. The molecule has 0 aliphatic carbocycles. The van der Waals surface area contributed by atoms with Crippen LogP contribution in [0.4, 0.5) is 0 Å². The van der Waals surface area contributed by atoms with Crippen molar-refractivity contribution in [2.45, 2.75) is 18.9 Å². The molecule has 2 aromatic rings. The smallest absolute Gasteiger partial charge is 0.305 e. The van der Waals surface area contributed by atoms with Gasteiger partial charge >= 0.3 is 5.97 Å². The fourth-order valence-electron chi connectivity index (χ4n) is 3.43. The molecule has 2 N–H and O–H groups in total. The molecule has 0 saturated carbocycles. The number of aromatic nitrogens is 1. The molecule has 9 heteroatoms. The van der Waals surface area contributed by atoms with Gasteiger partial charge in [-0.05, 0) is 31.2 Å². The molecule has 0 radical (unpaired) electrons. The zero-order chi connectivity index (χ0) is 18.8. The number of methoxy groups -OCH3 is 1. The molecule has 1 aliphatic heterocycles. The largest absolute Gasteiger partial charge is 0.469 e. The molecule has 1 aromatic carbocycles. The van der Waals surface area contributed by atoms with E-state index in [0.29, 0.717) is 22.3 Å². The molecule has 2 atom stereocenters. The van der Waals surface area contributed by atoms with Crippen LogP contribution in [0.15, 0.2) is 18.2 Å². The number of nitrogens with one attached hydrogen (secondary N) is 2. The summed E-state index contributed by atoms with van der Waals surface area (Å²) < 4.78 is 6.56. The number of carbonyl (C=O) groups excluding carboxylic acids is 2. The van der Waals surface area contributed by atoms with Gasteiger partial charge in [0.1, 0.15) is 5.69 Å². The fraction of sp³-hybridized carbons (Fsp3) is 0.444. The van der Waals surface area contributed by atoms with Gasteiger partial charge in [-0.1, -0.05) is 23.2 Å². The highest BCUT2D eigenvalue weighted by atomic mass is 35.5. The summed E-state index contributed by atoms with van der Waals surface area (Å²) in [5, 5.41) is 7.95. The Morgan fingerprint density at radius 2 is 2.11 bits per heavy atom. The summed E-state index contributed by atoms with van der Waals surface area (Å²) in [6.45, 7) is 1.45. The number of benzene rings is 1. The van der Waals surface area contributed by atoms with Crippen LogP contribution in [0.2, 0.25) is 10.0 Å². The second-order valence-corrected chi connectivity index (χ2v) is 7.28. The highest BCUT2D eigenvalue weighted by Crippen LogP contribution is 2.32. The third kappa shape index (κ3) is 4.51. The van der Waals surface area contributed by atoms with Crippen molar-refractivity contribution in [1.29, 1.82) is 0 Å². The normalized spacial score (nSPS) is 19.4. The molecule has 3 rings (SSSR count). The lowest BCUT2D eigenvalue weighted by atomic mass is 9.90. The summed E-state index contributed by atoms with van der Waals surface area (Å²) in [6.07, 6.45) is 1.02. The SMILES string of the molecule is COC(=O)CC1CNCCC1NC(=O)c1cc2c(Cl)c(Cl)ccc2n1C.Cl. The van der Waals surface area contributed by atoms with Crippen molar-refractivity contribution < 1.29 is 14.3 Å². The first-order valence-electron chi connectivity index (χ1n) is 8.44. The maximum atomic E-state index is 12.9. The van der Waals surface area contributed by atoms with Gasteiger partial charge in [-0.3, -0.25) is 9.59 Å². The number of amides is 1. The van der Waals surface area contributed by atoms with Gasteiger partial charge in [0.15, 0.2) is 0 Å². The van der Waals surface area contributed by atoms with E-state index in [0.717, 1.165) is 23.9 Å². The molecular weight excluding hydrogens is 413 g/mol. The molecule has 1 amide bonds. The van der Waals surface area contributed by atoms with Crippen LogP contribution in [0.5, 0.6) is 0 Å². The van der Waals surface area contributed by atoms with Crippen molar-refractivity contribution >= 4 is 58.4 Å². The van der Waals surface area contributed by atoms with E-state index in [9.17, 15) is 9.59 Å². The Balaban J connectivity index is 0.00000261. The number of halogens is 3. The van der Waals surface area contributed by atoms with Crippen LogP contribution in [-0.4, -0.2) is 42.7 Å². The second-order valence-electron chi connectivity index (χ2n) is 6.50. The third-order valence-electron chi connectivity index (χ3n) is 4.93. The van der Waals surface area contributed by atoms with Crippen LogP contribution in [0.1, 0.15) is 23.3 Å². The topological polar surface area (TPSA) is 72.4 Å². The zero-order valence-electron chi connectivity index (χ0n) is 15.1. The summed E-state index contributed by atoms with van der Waals surface area (Å²) in [6, 6.07) is 5.20. The van der Waals surface area contributed by atoms with Gasteiger partial charge in [-0.25, -0.2) is 0 Å². The van der Waals surface area contributed by atoms with E-state index in [2.05, 4.69) is 10.6 Å². The van der Waals surface area contributed by atoms with Gasteiger partial charge in [0, 0.05) is 36.5 Å². The Bertz CT molecular complexity index is 853. The van der Waals surface area contributed by atoms with Crippen LogP contribution in [0.3, 0.4) is 0 Å². The number of ether oxygens (including phenoxy) is 1. The Morgan fingerprint density at radius 3 is 2.81 bits per heavy atom. The quantitative estimate of drug-likeness (QED) is 0.725. The summed E-state index contributed by atoms with van der Waals surface area (Å²) in [4.78, 5) is 24.5. The minimum atomic E-state index is -0.274. The van der Waals surface area contributed by atoms with E-state index in [-0.39, 0.29) is 42.7 Å². The van der Waals surface area contributed by atoms with Crippen molar-refractivity contribution in [2.24, 2.45) is 13.0 Å². The third-order valence-corrected chi connectivity index (χ3v) is 5.75. The van der Waals surface area contributed by atoms with Gasteiger partial charge in [0.25, 0.3) is 5.91 Å². The molecule has 0 spiro atoms. The monoisotopic (exact) mass is 433 g/mol. The van der Waals surface area contributed by atoms with Crippen LogP contribution in [-0.2, 0) is 16.6 Å². The van der Waals surface area contributed by atoms with E-state index in [4.69, 9.17) is 27.9 Å². The van der Waals surface area contributed by atoms with Crippen LogP contribution in [0.25, 0.3) is 10.9 Å². The Kier molecular flexibility index (Phi) is 7.40. The molecule has 1 fully saturated rings. The first-order valence-corrected chi connectivity index (χ1v) is 9.19. The Hall–Kier alpha value is -1.47. The predicted molar refractivity (Wildman–Crippen MR) is 109 cm³/mol. The summed E-state index contributed by atoms with van der Waals surface area (Å²) in [5.74, 6) is -0.477. The van der Waals surface area contributed by atoms with Crippen molar-refractivity contribution in [3.8, 4) is 0 Å². The number of hydrogen-bond acceptors (Lipinski definition) is 4. The molecule has 6 nitrogen and oxygen atoms in total. The maximum Gasteiger partial charge on any atom is 0.305 e. The molecule has 2 unspecified atom stereocenters. The van der Waals surface area contributed by atoms with E-state index in [1.165, 1.54) is 7.11 Å². The van der Waals surface area contributed by atoms with Gasteiger partial charge < -0.3 is 19.9 Å². The maximum absolute atomic E-state index is 12.9. The fourth-order valence-corrected chi connectivity index (χ4v) is 3.81. The van der Waals surface area contributed by atoms with Gasteiger partial charge in [-0.15, -0.1) is 12.4 Å². The lowest BCUT2D eigenvalue weighted by Crippen LogP contribution is -2.50. The lowest BCUT2D eigenvalue weighted by Gasteiger charge is -2.32. The molecule has 1 saturated heterocycles. The lowest BCUT2D eigenvalue weighted by molar-refractivity contribution is -0.142. The minimum Gasteiger partial charge on any atom is -0.469 e. The number of carbonyl (C=O) groups is 2. The molecule has 27 heavy (non-hydrogen) atoms. The van der Waals surface area contributed by atoms with Crippen molar-refractivity contribution in [3.63, 3.8) is 0 Å². The average molecular weight is 435 g/mol. The number of fused-ring (bicyclic) bond motifs is 1. The highest BCUT2D eigenvalue weighted by molar-refractivity contribution is 6.45. The number of rotatable bonds is 4. The van der Waals surface area contributed by atoms with Gasteiger partial charge in [0.05, 0.1) is 23.6 Å². The van der Waals surface area contributed by atoms with Crippen molar-refractivity contribution in [2.75, 3.05) is 20.2 Å². The highest BCUT2D eigenvalue weighted by Gasteiger charge is 2.29. The molecule has 0 bridgehead atoms. The molecular formula is C18H22Cl3N3O3. The Morgan fingerprint density at radius 1 is 1.37 bits per heavy atom. The summed E-state index contributed by atoms with van der Waals surface area (Å²) >= 11 is 12.3. The number of esters is 1. The number of hydrogen-bond donors (Lipinski definition) is 2. The zero-order valence-corrected chi connectivity index (χ0v) is 17.4. The van der Waals surface area contributed by atoms with Crippen LogP contribution in [0, 0.1) is 5.92 Å². The molecule has 1 aliphatic rings. The van der Waals surface area contributed by atoms with Gasteiger partial charge in [0.2, 0.25) is 0 Å². The van der Waals surface area contributed by atoms with E-state index in [1.54, 1.807) is 16.7 Å². The summed E-state index contributed by atoms with van der Waals surface area (Å²) in [5.41, 5.74) is 1.33. The number of aryl methyl sites for hydroxylation is 1. The number of piperidine rings is 1. The van der Waals surface area contributed by atoms with E-state index < -0.39 is 0 Å². The standard InChI is InChI=1S/C18H21Cl2N3O3.ClH/c1-23-14-4-3-12(19)17(20)11(14)8-15(23)18(25)22-13-5-6-21-9-10(13)7-16(24)26-2;/h3-4,8,10,13,21H,5-7,9H2,1-2H3,(H,22,25);1H. The van der Waals surface area contributed by atoms with Crippen molar-refractivity contribution in [3.05, 3.63) is 33.9 Å². The Labute approximate surface area is 173 Å².